The van der Waals surface area contributed by atoms with Crippen molar-refractivity contribution in [2.45, 2.75) is 0 Å². The first-order chi connectivity index (χ1) is 8.93. The topological polar surface area (TPSA) is 77.8 Å². The molecular formula is C13H8Br2O4. The lowest BCUT2D eigenvalue weighted by atomic mass is 10.0. The van der Waals surface area contributed by atoms with Gasteiger partial charge in [0, 0.05) is 10.0 Å². The Morgan fingerprint density at radius 1 is 0.895 bits per heavy atom. The van der Waals surface area contributed by atoms with Gasteiger partial charge in [-0.05, 0) is 50.1 Å². The van der Waals surface area contributed by atoms with Gasteiger partial charge in [0.1, 0.15) is 5.75 Å². The minimum absolute atomic E-state index is 0.111. The van der Waals surface area contributed by atoms with Crippen LogP contribution in [-0.4, -0.2) is 21.1 Å². The number of carbonyl (C=O) groups excluding carboxylic acids is 1. The monoisotopic (exact) mass is 386 g/mol. The van der Waals surface area contributed by atoms with E-state index in [4.69, 9.17) is 0 Å². The number of halogens is 2. The van der Waals surface area contributed by atoms with Gasteiger partial charge in [-0.2, -0.15) is 0 Å². The van der Waals surface area contributed by atoms with Crippen LogP contribution in [0, 0.1) is 0 Å². The molecule has 0 fully saturated rings. The first-order valence-corrected chi connectivity index (χ1v) is 6.74. The summed E-state index contributed by atoms with van der Waals surface area (Å²) in [5.74, 6) is -1.40. The predicted octanol–water partition coefficient (Wildman–Crippen LogP) is 3.56. The molecule has 0 aliphatic rings. The zero-order valence-electron chi connectivity index (χ0n) is 9.39. The Bertz CT molecular complexity index is 668. The van der Waals surface area contributed by atoms with Crippen molar-refractivity contribution in [2.75, 3.05) is 0 Å². The fourth-order valence-corrected chi connectivity index (χ4v) is 2.48. The van der Waals surface area contributed by atoms with Crippen molar-refractivity contribution in [1.82, 2.24) is 0 Å². The first kappa shape index (κ1) is 13.9. The van der Waals surface area contributed by atoms with Crippen molar-refractivity contribution in [2.24, 2.45) is 0 Å². The third-order valence-corrected chi connectivity index (χ3v) is 4.68. The maximum absolute atomic E-state index is 12.3. The second kappa shape index (κ2) is 5.22. The zero-order chi connectivity index (χ0) is 14.2. The van der Waals surface area contributed by atoms with Gasteiger partial charge in [0.05, 0.1) is 10.0 Å². The average molecular weight is 388 g/mol. The molecule has 6 heteroatoms. The summed E-state index contributed by atoms with van der Waals surface area (Å²) in [6.07, 6.45) is 0. The minimum atomic E-state index is -0.471. The highest BCUT2D eigenvalue weighted by Crippen LogP contribution is 2.42. The van der Waals surface area contributed by atoms with Gasteiger partial charge >= 0.3 is 0 Å². The van der Waals surface area contributed by atoms with Crippen LogP contribution < -0.4 is 0 Å². The molecule has 0 spiro atoms. The van der Waals surface area contributed by atoms with Crippen molar-refractivity contribution < 1.29 is 20.1 Å². The summed E-state index contributed by atoms with van der Waals surface area (Å²) >= 11 is 6.24. The van der Waals surface area contributed by atoms with Crippen LogP contribution in [0.15, 0.2) is 39.3 Å². The molecule has 0 saturated carbocycles. The van der Waals surface area contributed by atoms with Crippen molar-refractivity contribution in [3.8, 4) is 17.2 Å². The third-order valence-electron chi connectivity index (χ3n) is 2.55. The second-order valence-corrected chi connectivity index (χ2v) is 5.35. The highest BCUT2D eigenvalue weighted by molar-refractivity contribution is 9.13. The molecule has 0 radical (unpaired) electrons. The van der Waals surface area contributed by atoms with Crippen LogP contribution in [0.2, 0.25) is 0 Å². The predicted molar refractivity (Wildman–Crippen MR) is 76.7 cm³/mol. The van der Waals surface area contributed by atoms with Crippen LogP contribution in [0.5, 0.6) is 17.2 Å². The van der Waals surface area contributed by atoms with Crippen LogP contribution in [0.1, 0.15) is 15.9 Å². The number of phenols is 3. The Morgan fingerprint density at radius 3 is 2.16 bits per heavy atom. The van der Waals surface area contributed by atoms with Crippen LogP contribution in [0.25, 0.3) is 0 Å². The van der Waals surface area contributed by atoms with Crippen LogP contribution >= 0.6 is 31.9 Å². The third kappa shape index (κ3) is 2.46. The summed E-state index contributed by atoms with van der Waals surface area (Å²) in [6, 6.07) is 7.23. The van der Waals surface area contributed by atoms with Crippen LogP contribution in [-0.2, 0) is 0 Å². The summed E-state index contributed by atoms with van der Waals surface area (Å²) < 4.78 is 0.474. The smallest absolute Gasteiger partial charge is 0.198 e. The molecule has 19 heavy (non-hydrogen) atoms. The van der Waals surface area contributed by atoms with Gasteiger partial charge in [-0.15, -0.1) is 0 Å². The van der Waals surface area contributed by atoms with Gasteiger partial charge in [0.15, 0.2) is 17.3 Å². The highest BCUT2D eigenvalue weighted by Gasteiger charge is 2.21. The molecule has 0 aliphatic heterocycles. The summed E-state index contributed by atoms with van der Waals surface area (Å²) in [6.45, 7) is 0. The lowest BCUT2D eigenvalue weighted by Crippen LogP contribution is -2.03. The fraction of sp³-hybridized carbons (Fsp3) is 0. The Labute approximate surface area is 125 Å². The minimum Gasteiger partial charge on any atom is -0.507 e. The SMILES string of the molecule is O=C(c1ccccc1O)c1cc(O)c(O)c(Br)c1Br. The largest absolute Gasteiger partial charge is 0.507 e. The lowest BCUT2D eigenvalue weighted by molar-refractivity contribution is 0.103. The van der Waals surface area contributed by atoms with E-state index >= 15 is 0 Å². The molecule has 4 nitrogen and oxygen atoms in total. The zero-order valence-corrected chi connectivity index (χ0v) is 12.6. The molecule has 0 unspecified atom stereocenters. The molecule has 2 aromatic carbocycles. The van der Waals surface area contributed by atoms with Gasteiger partial charge in [0.25, 0.3) is 0 Å². The lowest BCUT2D eigenvalue weighted by Gasteiger charge is -2.09. The van der Waals surface area contributed by atoms with Gasteiger partial charge in [-0.25, -0.2) is 0 Å². The summed E-state index contributed by atoms with van der Waals surface area (Å²) in [7, 11) is 0. The number of benzene rings is 2. The molecule has 2 aromatic rings. The summed E-state index contributed by atoms with van der Waals surface area (Å²) in [5, 5.41) is 28.8. The maximum Gasteiger partial charge on any atom is 0.198 e. The Balaban J connectivity index is 2.61. The van der Waals surface area contributed by atoms with Gasteiger partial charge < -0.3 is 15.3 Å². The van der Waals surface area contributed by atoms with Crippen LogP contribution in [0.3, 0.4) is 0 Å². The normalized spacial score (nSPS) is 10.4. The van der Waals surface area contributed by atoms with Gasteiger partial charge in [0.2, 0.25) is 0 Å². The van der Waals surface area contributed by atoms with E-state index in [1.54, 1.807) is 12.1 Å². The van der Waals surface area contributed by atoms with Crippen LogP contribution in [0.4, 0.5) is 0 Å². The molecule has 2 rings (SSSR count). The molecule has 0 saturated heterocycles. The highest BCUT2D eigenvalue weighted by atomic mass is 79.9. The molecule has 0 aromatic heterocycles. The number of hydrogen-bond donors (Lipinski definition) is 3. The number of aromatic hydroxyl groups is 3. The Hall–Kier alpha value is -1.53. The number of hydrogen-bond acceptors (Lipinski definition) is 4. The molecule has 0 atom stereocenters. The molecular weight excluding hydrogens is 380 g/mol. The molecule has 0 bridgehead atoms. The summed E-state index contributed by atoms with van der Waals surface area (Å²) in [4.78, 5) is 12.3. The van der Waals surface area contributed by atoms with Crippen molar-refractivity contribution >= 4 is 37.6 Å². The fourth-order valence-electron chi connectivity index (χ4n) is 1.58. The maximum atomic E-state index is 12.3. The average Bonchev–Trinajstić information content (AvgIpc) is 2.40. The summed E-state index contributed by atoms with van der Waals surface area (Å²) in [5.41, 5.74) is 0.240. The van der Waals surface area contributed by atoms with E-state index in [-0.39, 0.29) is 27.1 Å². The van der Waals surface area contributed by atoms with Crippen molar-refractivity contribution in [1.29, 1.82) is 0 Å². The molecule has 0 heterocycles. The molecule has 98 valence electrons. The van der Waals surface area contributed by atoms with E-state index in [1.807, 2.05) is 0 Å². The standard InChI is InChI=1S/C13H8Br2O4/c14-10-7(5-9(17)13(19)11(10)15)12(18)6-3-1-2-4-8(6)16/h1-5,16-17,19H. The number of carbonyl (C=O) groups is 1. The van der Waals surface area contributed by atoms with E-state index < -0.39 is 11.5 Å². The quantitative estimate of drug-likeness (QED) is 0.543. The first-order valence-electron chi connectivity index (χ1n) is 5.16. The molecule has 3 N–H and O–H groups in total. The van der Waals surface area contributed by atoms with E-state index in [0.29, 0.717) is 4.47 Å². The number of rotatable bonds is 2. The van der Waals surface area contributed by atoms with Gasteiger partial charge in [-0.3, -0.25) is 4.79 Å². The molecule has 0 amide bonds. The van der Waals surface area contributed by atoms with Gasteiger partial charge in [-0.1, -0.05) is 12.1 Å². The van der Waals surface area contributed by atoms with E-state index in [0.717, 1.165) is 6.07 Å². The van der Waals surface area contributed by atoms with Crippen molar-refractivity contribution in [3.63, 3.8) is 0 Å². The van der Waals surface area contributed by atoms with E-state index in [2.05, 4.69) is 31.9 Å². The number of ketones is 1. The van der Waals surface area contributed by atoms with Crippen molar-refractivity contribution in [3.05, 3.63) is 50.4 Å². The number of phenolic OH excluding ortho intramolecular Hbond substituents is 3. The van der Waals surface area contributed by atoms with E-state index in [1.165, 1.54) is 12.1 Å². The van der Waals surface area contributed by atoms with E-state index in [9.17, 15) is 20.1 Å². The Morgan fingerprint density at radius 2 is 1.53 bits per heavy atom. The second-order valence-electron chi connectivity index (χ2n) is 3.77. The molecule has 0 aliphatic carbocycles. The number of para-hydroxylation sites is 1. The Kier molecular flexibility index (Phi) is 3.82.